The Morgan fingerprint density at radius 3 is 2.77 bits per heavy atom. The van der Waals surface area contributed by atoms with Crippen molar-refractivity contribution in [3.63, 3.8) is 0 Å². The lowest BCUT2D eigenvalue weighted by atomic mass is 9.46. The third-order valence-corrected chi connectivity index (χ3v) is 9.31. The van der Waals surface area contributed by atoms with Crippen LogP contribution < -0.4 is 0 Å². The molecule has 0 bridgehead atoms. The standard InChI is InChI=1S/C21H27ClO4/c1-18-7-5-13(23)9-12(18)3-4-15-14-6-8-20(25,16(24)11-22)19(14,2)10-17-21(15,18)26-17/h9,14-15,17,25H,3-8,10-11H2,1-2H3/t14-,15-,17?,18-,19-,20-,21-/m0/s1. The maximum Gasteiger partial charge on any atom is 0.179 e. The summed E-state index contributed by atoms with van der Waals surface area (Å²) in [5, 5.41) is 11.3. The minimum Gasteiger partial charge on any atom is -0.381 e. The van der Waals surface area contributed by atoms with E-state index >= 15 is 0 Å². The van der Waals surface area contributed by atoms with Crippen LogP contribution in [0.1, 0.15) is 58.8 Å². The van der Waals surface area contributed by atoms with E-state index in [1.807, 2.05) is 6.08 Å². The van der Waals surface area contributed by atoms with E-state index in [9.17, 15) is 14.7 Å². The Hall–Kier alpha value is -0.710. The number of fused-ring (bicyclic) bond motifs is 3. The number of hydrogen-bond donors (Lipinski definition) is 1. The van der Waals surface area contributed by atoms with Crippen LogP contribution in [0.25, 0.3) is 0 Å². The molecule has 1 aliphatic heterocycles. The summed E-state index contributed by atoms with van der Waals surface area (Å²) in [7, 11) is 0. The van der Waals surface area contributed by atoms with Gasteiger partial charge in [-0.3, -0.25) is 9.59 Å². The average molecular weight is 379 g/mol. The van der Waals surface area contributed by atoms with E-state index in [2.05, 4.69) is 13.8 Å². The van der Waals surface area contributed by atoms with Crippen LogP contribution in [0.5, 0.6) is 0 Å². The van der Waals surface area contributed by atoms with Crippen LogP contribution in [-0.4, -0.2) is 39.9 Å². The first kappa shape index (κ1) is 17.4. The molecular formula is C21H27ClO4. The molecule has 1 spiro atoms. The molecule has 26 heavy (non-hydrogen) atoms. The summed E-state index contributed by atoms with van der Waals surface area (Å²) in [5.41, 5.74) is -0.793. The highest BCUT2D eigenvalue weighted by Crippen LogP contribution is 2.76. The lowest BCUT2D eigenvalue weighted by molar-refractivity contribution is -0.155. The third-order valence-electron chi connectivity index (χ3n) is 9.07. The van der Waals surface area contributed by atoms with E-state index in [1.54, 1.807) is 0 Å². The summed E-state index contributed by atoms with van der Waals surface area (Å²) >= 11 is 5.84. The van der Waals surface area contributed by atoms with E-state index in [0.717, 1.165) is 25.7 Å². The van der Waals surface area contributed by atoms with Crippen molar-refractivity contribution in [1.82, 2.24) is 0 Å². The number of carbonyl (C=O) groups excluding carboxylic acids is 2. The first-order chi connectivity index (χ1) is 12.2. The van der Waals surface area contributed by atoms with Crippen molar-refractivity contribution in [3.8, 4) is 0 Å². The SMILES string of the molecule is C[C@]12CCC(=O)C=C1CC[C@H]1[C@@H]3CC[C@](O)(C(=O)CCl)[C@@]3(C)CC3O[C@]312. The van der Waals surface area contributed by atoms with Crippen LogP contribution in [0, 0.1) is 22.7 Å². The van der Waals surface area contributed by atoms with Crippen molar-refractivity contribution < 1.29 is 19.4 Å². The maximum atomic E-state index is 12.5. The van der Waals surface area contributed by atoms with Crippen molar-refractivity contribution in [2.45, 2.75) is 76.1 Å². The molecule has 3 saturated carbocycles. The Morgan fingerprint density at radius 1 is 1.27 bits per heavy atom. The Bertz CT molecular complexity index is 746. The third kappa shape index (κ3) is 1.71. The van der Waals surface area contributed by atoms with Gasteiger partial charge in [0.2, 0.25) is 0 Å². The largest absolute Gasteiger partial charge is 0.381 e. The summed E-state index contributed by atoms with van der Waals surface area (Å²) in [6.45, 7) is 4.37. The molecular weight excluding hydrogens is 352 g/mol. The van der Waals surface area contributed by atoms with Crippen molar-refractivity contribution in [3.05, 3.63) is 11.6 Å². The van der Waals surface area contributed by atoms with Gasteiger partial charge in [-0.2, -0.15) is 0 Å². The number of epoxide rings is 1. The second kappa shape index (κ2) is 5.01. The lowest BCUT2D eigenvalue weighted by Gasteiger charge is -2.56. The second-order valence-corrected chi connectivity index (χ2v) is 9.96. The molecule has 0 aromatic carbocycles. The van der Waals surface area contributed by atoms with Gasteiger partial charge in [0, 0.05) is 17.3 Å². The second-order valence-electron chi connectivity index (χ2n) is 9.70. The van der Waals surface area contributed by atoms with Crippen LogP contribution in [0.2, 0.25) is 0 Å². The average Bonchev–Trinajstić information content (AvgIpc) is 3.27. The number of ether oxygens (including phenoxy) is 1. The zero-order chi connectivity index (χ0) is 18.5. The molecule has 4 aliphatic carbocycles. The Labute approximate surface area is 159 Å². The molecule has 1 N–H and O–H groups in total. The first-order valence-corrected chi connectivity index (χ1v) is 10.5. The van der Waals surface area contributed by atoms with Gasteiger partial charge in [-0.1, -0.05) is 19.4 Å². The quantitative estimate of drug-likeness (QED) is 0.592. The Kier molecular flexibility index (Phi) is 3.35. The predicted octanol–water partition coefficient (Wildman–Crippen LogP) is 3.19. The normalized spacial score (nSPS) is 54.5. The van der Waals surface area contributed by atoms with Crippen molar-refractivity contribution in [2.75, 3.05) is 5.88 Å². The van der Waals surface area contributed by atoms with Crippen molar-refractivity contribution in [1.29, 1.82) is 0 Å². The highest BCUT2D eigenvalue weighted by Gasteiger charge is 2.81. The summed E-state index contributed by atoms with van der Waals surface area (Å²) in [5.74, 6) is 0.497. The Morgan fingerprint density at radius 2 is 2.04 bits per heavy atom. The lowest BCUT2D eigenvalue weighted by Crippen LogP contribution is -2.61. The summed E-state index contributed by atoms with van der Waals surface area (Å²) in [6, 6.07) is 0. The smallest absolute Gasteiger partial charge is 0.179 e. The van der Waals surface area contributed by atoms with Gasteiger partial charge >= 0.3 is 0 Å². The zero-order valence-corrected chi connectivity index (χ0v) is 16.3. The topological polar surface area (TPSA) is 66.9 Å². The van der Waals surface area contributed by atoms with Crippen LogP contribution in [0.15, 0.2) is 11.6 Å². The first-order valence-electron chi connectivity index (χ1n) is 9.96. The molecule has 1 saturated heterocycles. The van der Waals surface area contributed by atoms with Crippen molar-refractivity contribution in [2.24, 2.45) is 22.7 Å². The summed E-state index contributed by atoms with van der Waals surface area (Å²) in [6.07, 6.45) is 7.40. The van der Waals surface area contributed by atoms with E-state index in [-0.39, 0.29) is 40.5 Å². The van der Waals surface area contributed by atoms with Crippen LogP contribution >= 0.6 is 11.6 Å². The number of alkyl halides is 1. The fraction of sp³-hybridized carbons (Fsp3) is 0.810. The van der Waals surface area contributed by atoms with Crippen LogP contribution in [0.3, 0.4) is 0 Å². The summed E-state index contributed by atoms with van der Waals surface area (Å²) < 4.78 is 6.48. The molecule has 1 heterocycles. The molecule has 0 aromatic rings. The number of Topliss-reactive ketones (excluding diaryl/α,β-unsaturated/α-hetero) is 1. The molecule has 142 valence electrons. The van der Waals surface area contributed by atoms with Gasteiger partial charge in [0.15, 0.2) is 11.6 Å². The molecule has 5 aliphatic rings. The molecule has 1 unspecified atom stereocenters. The molecule has 0 aromatic heterocycles. The Balaban J connectivity index is 1.57. The molecule has 0 radical (unpaired) electrons. The van der Waals surface area contributed by atoms with Gasteiger partial charge in [-0.15, -0.1) is 11.6 Å². The number of hydrogen-bond acceptors (Lipinski definition) is 4. The molecule has 5 rings (SSSR count). The van der Waals surface area contributed by atoms with Gasteiger partial charge in [-0.05, 0) is 56.4 Å². The predicted molar refractivity (Wildman–Crippen MR) is 96.9 cm³/mol. The van der Waals surface area contributed by atoms with E-state index in [4.69, 9.17) is 16.3 Å². The maximum absolute atomic E-state index is 12.5. The van der Waals surface area contributed by atoms with E-state index in [0.29, 0.717) is 25.2 Å². The van der Waals surface area contributed by atoms with Gasteiger partial charge < -0.3 is 9.84 Å². The van der Waals surface area contributed by atoms with Gasteiger partial charge in [-0.25, -0.2) is 0 Å². The van der Waals surface area contributed by atoms with E-state index in [1.165, 1.54) is 5.57 Å². The molecule has 5 heteroatoms. The van der Waals surface area contributed by atoms with Crippen LogP contribution in [-0.2, 0) is 14.3 Å². The fourth-order valence-electron chi connectivity index (χ4n) is 7.59. The van der Waals surface area contributed by atoms with Crippen LogP contribution in [0.4, 0.5) is 0 Å². The van der Waals surface area contributed by atoms with Gasteiger partial charge in [0.25, 0.3) is 0 Å². The number of aliphatic hydroxyl groups is 1. The minimum atomic E-state index is -1.32. The summed E-state index contributed by atoms with van der Waals surface area (Å²) in [4.78, 5) is 24.5. The molecule has 0 amide bonds. The number of ketones is 2. The molecule has 7 atom stereocenters. The zero-order valence-electron chi connectivity index (χ0n) is 15.5. The highest BCUT2D eigenvalue weighted by molar-refractivity contribution is 6.29. The number of carbonyl (C=O) groups is 2. The molecule has 4 nitrogen and oxygen atoms in total. The molecule has 4 fully saturated rings. The van der Waals surface area contributed by atoms with Crippen molar-refractivity contribution >= 4 is 23.2 Å². The highest BCUT2D eigenvalue weighted by atomic mass is 35.5. The monoisotopic (exact) mass is 378 g/mol. The minimum absolute atomic E-state index is 0.0726. The van der Waals surface area contributed by atoms with Gasteiger partial charge in [0.1, 0.15) is 11.2 Å². The fourth-order valence-corrected chi connectivity index (χ4v) is 7.81. The number of rotatable bonds is 2. The number of halogens is 1. The van der Waals surface area contributed by atoms with Gasteiger partial charge in [0.05, 0.1) is 12.0 Å². The van der Waals surface area contributed by atoms with E-state index < -0.39 is 11.0 Å².